The van der Waals surface area contributed by atoms with Gasteiger partial charge in [0.05, 0.1) is 10.5 Å². The summed E-state index contributed by atoms with van der Waals surface area (Å²) < 4.78 is 63.5. The van der Waals surface area contributed by atoms with E-state index in [1.165, 1.54) is 4.31 Å². The fourth-order valence-corrected chi connectivity index (χ4v) is 3.82. The van der Waals surface area contributed by atoms with Crippen LogP contribution in [0.15, 0.2) is 29.2 Å². The first kappa shape index (κ1) is 19.2. The Morgan fingerprint density at radius 1 is 1.14 bits per heavy atom. The molecule has 1 heterocycles. The number of nitrogens with zero attached hydrogens (tertiary/aromatic N) is 1. The minimum atomic E-state index is -4.47. The van der Waals surface area contributed by atoms with Gasteiger partial charge in [0.2, 0.25) is 10.0 Å². The lowest BCUT2D eigenvalue weighted by Gasteiger charge is -2.30. The van der Waals surface area contributed by atoms with Gasteiger partial charge in [0.15, 0.2) is 0 Å². The number of halogens is 4. The number of piperidine rings is 1. The van der Waals surface area contributed by atoms with Crippen LogP contribution in [-0.2, 0) is 16.2 Å². The molecule has 0 atom stereocenters. The van der Waals surface area contributed by atoms with Crippen LogP contribution >= 0.6 is 12.4 Å². The second-order valence-electron chi connectivity index (χ2n) is 5.11. The van der Waals surface area contributed by atoms with Gasteiger partial charge in [-0.3, -0.25) is 0 Å². The number of benzene rings is 1. The quantitative estimate of drug-likeness (QED) is 0.902. The van der Waals surface area contributed by atoms with Gasteiger partial charge in [-0.1, -0.05) is 0 Å². The zero-order chi connectivity index (χ0) is 15.7. The summed E-state index contributed by atoms with van der Waals surface area (Å²) in [5.41, 5.74) is 4.69. The Bertz CT molecular complexity index is 582. The van der Waals surface area contributed by atoms with E-state index in [0.717, 1.165) is 24.3 Å². The molecule has 0 unspecified atom stereocenters. The standard InChI is InChI=1S/C13H17F3N2O2S.ClH/c14-13(15,16)11-1-3-12(4-2-11)21(19,20)18-7-5-10(9-17)6-8-18;/h1-4,10H,5-9,17H2;1H. The van der Waals surface area contributed by atoms with E-state index in [1.807, 2.05) is 0 Å². The van der Waals surface area contributed by atoms with Crippen molar-refractivity contribution < 1.29 is 21.6 Å². The van der Waals surface area contributed by atoms with E-state index < -0.39 is 21.8 Å². The molecule has 2 N–H and O–H groups in total. The van der Waals surface area contributed by atoms with Gasteiger partial charge < -0.3 is 5.73 Å². The van der Waals surface area contributed by atoms with Crippen LogP contribution in [0.3, 0.4) is 0 Å². The molecule has 22 heavy (non-hydrogen) atoms. The highest BCUT2D eigenvalue weighted by Gasteiger charge is 2.32. The SMILES string of the molecule is Cl.NCC1CCN(S(=O)(=O)c2ccc(C(F)(F)F)cc2)CC1. The van der Waals surface area contributed by atoms with E-state index in [2.05, 4.69) is 0 Å². The van der Waals surface area contributed by atoms with Crippen molar-refractivity contribution in [2.24, 2.45) is 11.7 Å². The maximum absolute atomic E-state index is 12.5. The van der Waals surface area contributed by atoms with Crippen molar-refractivity contribution in [1.29, 1.82) is 0 Å². The predicted octanol–water partition coefficient (Wildman–Crippen LogP) is 2.49. The van der Waals surface area contributed by atoms with Crippen LogP contribution in [0.4, 0.5) is 13.2 Å². The van der Waals surface area contributed by atoms with E-state index in [4.69, 9.17) is 5.73 Å². The molecule has 0 aromatic heterocycles. The van der Waals surface area contributed by atoms with Gasteiger partial charge in [0.25, 0.3) is 0 Å². The van der Waals surface area contributed by atoms with Gasteiger partial charge in [-0.15, -0.1) is 12.4 Å². The second-order valence-corrected chi connectivity index (χ2v) is 7.04. The molecule has 126 valence electrons. The van der Waals surface area contributed by atoms with Crippen molar-refractivity contribution in [2.75, 3.05) is 19.6 Å². The zero-order valence-corrected chi connectivity index (χ0v) is 13.3. The van der Waals surface area contributed by atoms with E-state index in [9.17, 15) is 21.6 Å². The second kappa shape index (κ2) is 7.16. The number of alkyl halides is 3. The topological polar surface area (TPSA) is 63.4 Å². The lowest BCUT2D eigenvalue weighted by atomic mass is 9.99. The minimum absolute atomic E-state index is 0. The maximum Gasteiger partial charge on any atom is 0.416 e. The summed E-state index contributed by atoms with van der Waals surface area (Å²) in [6.45, 7) is 1.23. The molecule has 4 nitrogen and oxygen atoms in total. The van der Waals surface area contributed by atoms with Crippen LogP contribution in [-0.4, -0.2) is 32.4 Å². The van der Waals surface area contributed by atoms with Crippen molar-refractivity contribution >= 4 is 22.4 Å². The van der Waals surface area contributed by atoms with Gasteiger partial charge in [-0.05, 0) is 49.6 Å². The monoisotopic (exact) mass is 358 g/mol. The molecule has 1 aromatic carbocycles. The molecule has 9 heteroatoms. The van der Waals surface area contributed by atoms with Gasteiger partial charge in [0, 0.05) is 13.1 Å². The van der Waals surface area contributed by atoms with Gasteiger partial charge in [-0.25, -0.2) is 8.42 Å². The van der Waals surface area contributed by atoms with Crippen LogP contribution in [0.2, 0.25) is 0 Å². The Morgan fingerprint density at radius 2 is 1.64 bits per heavy atom. The van der Waals surface area contributed by atoms with E-state index >= 15 is 0 Å². The average molecular weight is 359 g/mol. The van der Waals surface area contributed by atoms with Gasteiger partial charge in [0.1, 0.15) is 0 Å². The van der Waals surface area contributed by atoms with Crippen LogP contribution < -0.4 is 5.73 Å². The Morgan fingerprint density at radius 3 is 2.05 bits per heavy atom. The highest BCUT2D eigenvalue weighted by molar-refractivity contribution is 7.89. The summed E-state index contributed by atoms with van der Waals surface area (Å²) in [6, 6.07) is 3.60. The fraction of sp³-hybridized carbons (Fsp3) is 0.538. The Hall–Kier alpha value is -0.830. The van der Waals surface area contributed by atoms with Crippen molar-refractivity contribution in [3.05, 3.63) is 29.8 Å². The number of hydrogen-bond donors (Lipinski definition) is 1. The molecule has 0 saturated carbocycles. The molecule has 1 aliphatic rings. The van der Waals surface area contributed by atoms with E-state index in [-0.39, 0.29) is 17.3 Å². The summed E-state index contributed by atoms with van der Waals surface area (Å²) in [5, 5.41) is 0. The molecule has 1 aromatic rings. The van der Waals surface area contributed by atoms with Crippen molar-refractivity contribution in [2.45, 2.75) is 23.9 Å². The molecule has 1 fully saturated rings. The molecule has 0 spiro atoms. The Kier molecular flexibility index (Phi) is 6.26. The lowest BCUT2D eigenvalue weighted by Crippen LogP contribution is -2.40. The predicted molar refractivity (Wildman–Crippen MR) is 79.2 cm³/mol. The minimum Gasteiger partial charge on any atom is -0.330 e. The van der Waals surface area contributed by atoms with Crippen molar-refractivity contribution in [3.63, 3.8) is 0 Å². The highest BCUT2D eigenvalue weighted by atomic mass is 35.5. The molecule has 2 rings (SSSR count). The first-order valence-electron chi connectivity index (χ1n) is 6.62. The average Bonchev–Trinajstić information content (AvgIpc) is 2.46. The molecule has 0 amide bonds. The molecule has 1 aliphatic heterocycles. The third-order valence-electron chi connectivity index (χ3n) is 3.73. The Balaban J connectivity index is 0.00000242. The molecular formula is C13H18ClF3N2O2S. The summed E-state index contributed by atoms with van der Waals surface area (Å²) in [6.07, 6.45) is -3.12. The van der Waals surface area contributed by atoms with Crippen molar-refractivity contribution in [3.8, 4) is 0 Å². The number of hydrogen-bond acceptors (Lipinski definition) is 3. The summed E-state index contributed by atoms with van der Waals surface area (Å²) in [4.78, 5) is -0.110. The smallest absolute Gasteiger partial charge is 0.330 e. The van der Waals surface area contributed by atoms with Gasteiger partial charge >= 0.3 is 6.18 Å². The lowest BCUT2D eigenvalue weighted by molar-refractivity contribution is -0.137. The number of sulfonamides is 1. The zero-order valence-electron chi connectivity index (χ0n) is 11.7. The van der Waals surface area contributed by atoms with Crippen LogP contribution in [0.25, 0.3) is 0 Å². The largest absolute Gasteiger partial charge is 0.416 e. The maximum atomic E-state index is 12.5. The summed E-state index contributed by atoms with van der Waals surface area (Å²) in [7, 11) is -3.73. The molecule has 1 saturated heterocycles. The van der Waals surface area contributed by atoms with Crippen LogP contribution in [0.1, 0.15) is 18.4 Å². The molecule has 0 bridgehead atoms. The molecule has 0 aliphatic carbocycles. The van der Waals surface area contributed by atoms with Crippen LogP contribution in [0.5, 0.6) is 0 Å². The third-order valence-corrected chi connectivity index (χ3v) is 5.64. The molecule has 0 radical (unpaired) electrons. The third kappa shape index (κ3) is 4.13. The normalized spacial score (nSPS) is 18.0. The Labute approximate surface area is 133 Å². The van der Waals surface area contributed by atoms with Crippen LogP contribution in [0, 0.1) is 5.92 Å². The van der Waals surface area contributed by atoms with E-state index in [0.29, 0.717) is 38.4 Å². The first-order chi connectivity index (χ1) is 9.75. The van der Waals surface area contributed by atoms with E-state index in [1.54, 1.807) is 0 Å². The summed E-state index contributed by atoms with van der Waals surface area (Å²) >= 11 is 0. The van der Waals surface area contributed by atoms with Gasteiger partial charge in [-0.2, -0.15) is 17.5 Å². The first-order valence-corrected chi connectivity index (χ1v) is 8.06. The molecular weight excluding hydrogens is 341 g/mol. The fourth-order valence-electron chi connectivity index (χ4n) is 2.35. The number of nitrogens with two attached hydrogens (primary N) is 1. The number of rotatable bonds is 3. The highest BCUT2D eigenvalue weighted by Crippen LogP contribution is 2.30. The van der Waals surface area contributed by atoms with Crippen molar-refractivity contribution in [1.82, 2.24) is 4.31 Å². The summed E-state index contributed by atoms with van der Waals surface area (Å²) in [5.74, 6) is 0.309.